The summed E-state index contributed by atoms with van der Waals surface area (Å²) in [6, 6.07) is 10.0. The Morgan fingerprint density at radius 3 is 2.25 bits per heavy atom. The van der Waals surface area contributed by atoms with Gasteiger partial charge in [-0.3, -0.25) is 14.8 Å². The van der Waals surface area contributed by atoms with Crippen LogP contribution < -0.4 is 0 Å². The molecule has 0 bridgehead atoms. The highest BCUT2D eigenvalue weighted by atomic mass is 16.6. The Bertz CT molecular complexity index is 906. The van der Waals surface area contributed by atoms with Crippen LogP contribution in [0.4, 0.5) is 5.69 Å². The van der Waals surface area contributed by atoms with E-state index in [1.165, 1.54) is 0 Å². The molecule has 2 aromatic heterocycles. The minimum atomic E-state index is -0.375. The molecule has 0 unspecified atom stereocenters. The molecule has 3 rings (SSSR count). The molecule has 1 aromatic carbocycles. The first-order valence-corrected chi connectivity index (χ1v) is 7.68. The normalized spacial score (nSPS) is 11.0. The van der Waals surface area contributed by atoms with Crippen LogP contribution in [0, 0.1) is 37.8 Å². The van der Waals surface area contributed by atoms with Crippen LogP contribution >= 0.6 is 0 Å². The van der Waals surface area contributed by atoms with E-state index in [4.69, 9.17) is 0 Å². The summed E-state index contributed by atoms with van der Waals surface area (Å²) in [7, 11) is 0. The molecule has 124 valence electrons. The van der Waals surface area contributed by atoms with Gasteiger partial charge in [0.2, 0.25) is 0 Å². The second-order valence-corrected chi connectivity index (χ2v) is 5.94. The fraction of sp³-hybridized carbons (Fsp3) is 0.294. The van der Waals surface area contributed by atoms with E-state index in [9.17, 15) is 10.1 Å². The molecule has 0 aliphatic carbocycles. The van der Waals surface area contributed by atoms with Gasteiger partial charge in [0, 0.05) is 5.69 Å². The maximum absolute atomic E-state index is 11.1. The Balaban J connectivity index is 1.86. The van der Waals surface area contributed by atoms with E-state index >= 15 is 0 Å². The van der Waals surface area contributed by atoms with Crippen LogP contribution in [0.5, 0.6) is 0 Å². The van der Waals surface area contributed by atoms with Crippen molar-refractivity contribution in [2.45, 2.75) is 34.2 Å². The van der Waals surface area contributed by atoms with Crippen molar-refractivity contribution in [1.29, 1.82) is 0 Å². The van der Waals surface area contributed by atoms with Crippen molar-refractivity contribution >= 4 is 5.69 Å². The van der Waals surface area contributed by atoms with Gasteiger partial charge in [-0.15, -0.1) is 0 Å². The maximum atomic E-state index is 11.1. The fourth-order valence-electron chi connectivity index (χ4n) is 2.91. The van der Waals surface area contributed by atoms with Crippen molar-refractivity contribution < 1.29 is 4.92 Å². The number of hydrogen-bond donors (Lipinski definition) is 0. The first-order chi connectivity index (χ1) is 11.4. The lowest BCUT2D eigenvalue weighted by Crippen LogP contribution is -2.05. The van der Waals surface area contributed by atoms with Crippen LogP contribution in [0.1, 0.15) is 28.3 Å². The van der Waals surface area contributed by atoms with E-state index in [1.54, 1.807) is 18.5 Å². The van der Waals surface area contributed by atoms with E-state index < -0.39 is 0 Å². The average Bonchev–Trinajstić information content (AvgIpc) is 2.99. The Labute approximate surface area is 139 Å². The molecule has 0 saturated heterocycles. The van der Waals surface area contributed by atoms with Crippen molar-refractivity contribution in [2.24, 2.45) is 0 Å². The van der Waals surface area contributed by atoms with Crippen LogP contribution in [0.25, 0.3) is 5.69 Å². The molecule has 0 amide bonds. The monoisotopic (exact) mass is 325 g/mol. The van der Waals surface area contributed by atoms with Gasteiger partial charge in [-0.1, -0.05) is 12.1 Å². The number of benzene rings is 1. The molecule has 0 spiro atoms. The summed E-state index contributed by atoms with van der Waals surface area (Å²) >= 11 is 0. The van der Waals surface area contributed by atoms with Gasteiger partial charge in [-0.05, 0) is 51.5 Å². The number of aryl methyl sites for hydroxylation is 3. The van der Waals surface area contributed by atoms with Crippen molar-refractivity contribution in [3.63, 3.8) is 0 Å². The number of nitro groups is 1. The summed E-state index contributed by atoms with van der Waals surface area (Å²) < 4.78 is 3.57. The van der Waals surface area contributed by atoms with Gasteiger partial charge in [0.05, 0.1) is 22.8 Å². The van der Waals surface area contributed by atoms with Crippen LogP contribution in [0.15, 0.2) is 30.3 Å². The van der Waals surface area contributed by atoms with Gasteiger partial charge in [0.1, 0.15) is 11.4 Å². The first-order valence-electron chi connectivity index (χ1n) is 7.68. The fourth-order valence-corrected chi connectivity index (χ4v) is 2.91. The molecule has 0 N–H and O–H groups in total. The second-order valence-electron chi connectivity index (χ2n) is 5.94. The minimum Gasteiger partial charge on any atom is -0.258 e. The van der Waals surface area contributed by atoms with Gasteiger partial charge < -0.3 is 0 Å². The predicted molar refractivity (Wildman–Crippen MR) is 90.5 cm³/mol. The minimum absolute atomic E-state index is 0.0919. The zero-order chi connectivity index (χ0) is 17.4. The summed E-state index contributed by atoms with van der Waals surface area (Å²) in [5.74, 6) is 0. The summed E-state index contributed by atoms with van der Waals surface area (Å²) in [6.07, 6.45) is 0. The zero-order valence-electron chi connectivity index (χ0n) is 14.1. The van der Waals surface area contributed by atoms with Gasteiger partial charge in [0.15, 0.2) is 0 Å². The van der Waals surface area contributed by atoms with Gasteiger partial charge >= 0.3 is 5.69 Å². The predicted octanol–water partition coefficient (Wildman–Crippen LogP) is 3.26. The van der Waals surface area contributed by atoms with Gasteiger partial charge in [0.25, 0.3) is 0 Å². The van der Waals surface area contributed by atoms with Crippen molar-refractivity contribution in [3.05, 3.63) is 68.8 Å². The van der Waals surface area contributed by atoms with E-state index in [0.717, 1.165) is 22.6 Å². The number of rotatable bonds is 4. The molecule has 0 atom stereocenters. The van der Waals surface area contributed by atoms with Crippen molar-refractivity contribution in [2.75, 3.05) is 0 Å². The smallest absolute Gasteiger partial charge is 0.258 e. The van der Waals surface area contributed by atoms with Crippen molar-refractivity contribution in [3.8, 4) is 5.69 Å². The molecule has 0 saturated carbocycles. The van der Waals surface area contributed by atoms with Gasteiger partial charge in [-0.25, -0.2) is 4.68 Å². The van der Waals surface area contributed by atoms with Gasteiger partial charge in [-0.2, -0.15) is 10.2 Å². The summed E-state index contributed by atoms with van der Waals surface area (Å²) in [6.45, 7) is 7.87. The van der Waals surface area contributed by atoms with E-state index in [1.807, 2.05) is 48.9 Å². The van der Waals surface area contributed by atoms with E-state index in [-0.39, 0.29) is 10.6 Å². The number of hydrogen-bond acceptors (Lipinski definition) is 4. The maximum Gasteiger partial charge on any atom is 0.312 e. The molecular formula is C17H19N5O2. The highest BCUT2D eigenvalue weighted by molar-refractivity contribution is 5.40. The molecular weight excluding hydrogens is 306 g/mol. The SMILES string of the molecule is Cc1cc(C)n(-c2ccc(Cn3nc(C)c([N+](=O)[O-])c3C)cc2)n1. The number of aromatic nitrogens is 4. The topological polar surface area (TPSA) is 78.8 Å². The third-order valence-electron chi connectivity index (χ3n) is 4.05. The lowest BCUT2D eigenvalue weighted by Gasteiger charge is -2.07. The Morgan fingerprint density at radius 1 is 1.08 bits per heavy atom. The third-order valence-corrected chi connectivity index (χ3v) is 4.05. The number of nitrogens with zero attached hydrogens (tertiary/aromatic N) is 5. The lowest BCUT2D eigenvalue weighted by molar-refractivity contribution is -0.386. The quantitative estimate of drug-likeness (QED) is 0.545. The lowest BCUT2D eigenvalue weighted by atomic mass is 10.2. The standard InChI is InChI=1S/C17H19N5O2/c1-11-9-12(2)21(18-11)16-7-5-15(6-8-16)10-20-14(4)17(22(23)24)13(3)19-20/h5-9H,10H2,1-4H3. The zero-order valence-corrected chi connectivity index (χ0v) is 14.1. The summed E-state index contributed by atoms with van der Waals surface area (Å²) in [5.41, 5.74) is 5.18. The molecule has 3 aromatic rings. The Morgan fingerprint density at radius 2 is 1.75 bits per heavy atom. The molecule has 7 heteroatoms. The highest BCUT2D eigenvalue weighted by Crippen LogP contribution is 2.23. The van der Waals surface area contributed by atoms with Crippen LogP contribution in [-0.2, 0) is 6.54 Å². The average molecular weight is 325 g/mol. The highest BCUT2D eigenvalue weighted by Gasteiger charge is 2.21. The summed E-state index contributed by atoms with van der Waals surface area (Å²) in [5, 5.41) is 19.8. The Kier molecular flexibility index (Phi) is 3.92. The van der Waals surface area contributed by atoms with Crippen LogP contribution in [-0.4, -0.2) is 24.5 Å². The molecule has 0 radical (unpaired) electrons. The Hall–Kier alpha value is -2.96. The van der Waals surface area contributed by atoms with Crippen molar-refractivity contribution in [1.82, 2.24) is 19.6 Å². The van der Waals surface area contributed by atoms with Crippen LogP contribution in [0.2, 0.25) is 0 Å². The first kappa shape index (κ1) is 15.9. The molecule has 24 heavy (non-hydrogen) atoms. The molecule has 0 fully saturated rings. The largest absolute Gasteiger partial charge is 0.312 e. The van der Waals surface area contributed by atoms with Crippen LogP contribution in [0.3, 0.4) is 0 Å². The molecule has 7 nitrogen and oxygen atoms in total. The molecule has 0 aliphatic heterocycles. The third kappa shape index (κ3) is 2.80. The summed E-state index contributed by atoms with van der Waals surface area (Å²) in [4.78, 5) is 10.7. The van der Waals surface area contributed by atoms with E-state index in [2.05, 4.69) is 10.2 Å². The molecule has 0 aliphatic rings. The van der Waals surface area contributed by atoms with E-state index in [0.29, 0.717) is 17.9 Å². The molecule has 2 heterocycles. The second kappa shape index (κ2) is 5.92.